The SMILES string of the molecule is Cc1c(-c2cc3cc(N)ncc3c(Cl)c2F)cnc2c1N(C(=O)OC(C)(C)C)CC(C)C2. The topological polar surface area (TPSA) is 81.3 Å². The normalized spacial score (nSPS) is 16.2. The minimum atomic E-state index is -0.636. The number of nitrogens with two attached hydrogens (primary N) is 1. The molecule has 3 aromatic rings. The Morgan fingerprint density at radius 1 is 1.25 bits per heavy atom. The molecule has 168 valence electrons. The quantitative estimate of drug-likeness (QED) is 0.492. The number of ether oxygens (including phenoxy) is 1. The van der Waals surface area contributed by atoms with Gasteiger partial charge in [0.25, 0.3) is 0 Å². The van der Waals surface area contributed by atoms with Crippen LogP contribution in [-0.4, -0.2) is 28.2 Å². The van der Waals surface area contributed by atoms with Gasteiger partial charge in [0.2, 0.25) is 0 Å². The fraction of sp³-hybridized carbons (Fsp3) is 0.375. The maximum Gasteiger partial charge on any atom is 0.414 e. The number of nitrogen functional groups attached to an aromatic ring is 1. The second kappa shape index (κ2) is 7.89. The lowest BCUT2D eigenvalue weighted by molar-refractivity contribution is 0.0571. The van der Waals surface area contributed by atoms with E-state index in [1.54, 1.807) is 23.2 Å². The maximum absolute atomic E-state index is 15.3. The van der Waals surface area contributed by atoms with Crippen LogP contribution in [0.4, 0.5) is 20.7 Å². The Morgan fingerprint density at radius 2 is 1.97 bits per heavy atom. The van der Waals surface area contributed by atoms with Gasteiger partial charge in [-0.05, 0) is 63.1 Å². The highest BCUT2D eigenvalue weighted by molar-refractivity contribution is 6.36. The molecule has 1 aromatic carbocycles. The molecule has 32 heavy (non-hydrogen) atoms. The van der Waals surface area contributed by atoms with Crippen LogP contribution in [0.5, 0.6) is 0 Å². The van der Waals surface area contributed by atoms with Gasteiger partial charge in [0.05, 0.1) is 16.4 Å². The summed E-state index contributed by atoms with van der Waals surface area (Å²) in [6.45, 7) is 9.90. The largest absolute Gasteiger partial charge is 0.443 e. The molecular formula is C24H26ClFN4O2. The summed E-state index contributed by atoms with van der Waals surface area (Å²) in [6.07, 6.45) is 3.38. The molecule has 2 N–H and O–H groups in total. The number of anilines is 2. The number of pyridine rings is 2. The van der Waals surface area contributed by atoms with E-state index in [1.165, 1.54) is 6.20 Å². The van der Waals surface area contributed by atoms with Crippen molar-refractivity contribution in [3.05, 3.63) is 46.6 Å². The smallest absolute Gasteiger partial charge is 0.414 e. The van der Waals surface area contributed by atoms with Crippen molar-refractivity contribution in [1.82, 2.24) is 9.97 Å². The van der Waals surface area contributed by atoms with Gasteiger partial charge in [0.15, 0.2) is 0 Å². The van der Waals surface area contributed by atoms with Crippen molar-refractivity contribution in [1.29, 1.82) is 0 Å². The van der Waals surface area contributed by atoms with E-state index in [9.17, 15) is 4.79 Å². The minimum absolute atomic E-state index is 0.0280. The Hall–Kier alpha value is -2.93. The van der Waals surface area contributed by atoms with E-state index in [0.717, 1.165) is 17.7 Å². The molecule has 1 unspecified atom stereocenters. The average molecular weight is 457 g/mol. The number of benzene rings is 1. The fourth-order valence-corrected chi connectivity index (χ4v) is 4.41. The van der Waals surface area contributed by atoms with Gasteiger partial charge in [-0.3, -0.25) is 9.88 Å². The molecule has 0 bridgehead atoms. The molecule has 0 fully saturated rings. The first-order valence-corrected chi connectivity index (χ1v) is 10.9. The Kier molecular flexibility index (Phi) is 5.49. The molecule has 0 aliphatic carbocycles. The van der Waals surface area contributed by atoms with E-state index in [2.05, 4.69) is 16.9 Å². The molecule has 0 radical (unpaired) electrons. The third kappa shape index (κ3) is 3.97. The van der Waals surface area contributed by atoms with E-state index < -0.39 is 17.5 Å². The van der Waals surface area contributed by atoms with Gasteiger partial charge in [-0.15, -0.1) is 0 Å². The van der Waals surface area contributed by atoms with Crippen LogP contribution in [-0.2, 0) is 11.2 Å². The van der Waals surface area contributed by atoms with E-state index in [1.807, 2.05) is 27.7 Å². The summed E-state index contributed by atoms with van der Waals surface area (Å²) >= 11 is 6.34. The van der Waals surface area contributed by atoms with Gasteiger partial charge in [-0.1, -0.05) is 18.5 Å². The molecular weight excluding hydrogens is 431 g/mol. The molecule has 0 saturated heterocycles. The highest BCUT2D eigenvalue weighted by Gasteiger charge is 2.33. The molecule has 8 heteroatoms. The van der Waals surface area contributed by atoms with Gasteiger partial charge in [0, 0.05) is 35.5 Å². The second-order valence-electron chi connectivity index (χ2n) is 9.37. The Labute approximate surface area is 191 Å². The summed E-state index contributed by atoms with van der Waals surface area (Å²) in [7, 11) is 0. The third-order valence-electron chi connectivity index (χ3n) is 5.51. The molecule has 0 spiro atoms. The third-order valence-corrected chi connectivity index (χ3v) is 5.88. The monoisotopic (exact) mass is 456 g/mol. The number of nitrogens with zero attached hydrogens (tertiary/aromatic N) is 3. The lowest BCUT2D eigenvalue weighted by Crippen LogP contribution is -2.43. The molecule has 0 saturated carbocycles. The highest BCUT2D eigenvalue weighted by Crippen LogP contribution is 2.41. The van der Waals surface area contributed by atoms with Crippen LogP contribution in [0.25, 0.3) is 21.9 Å². The van der Waals surface area contributed by atoms with Gasteiger partial charge >= 0.3 is 6.09 Å². The zero-order valence-electron chi connectivity index (χ0n) is 18.8. The van der Waals surface area contributed by atoms with E-state index >= 15 is 4.39 Å². The number of carbonyl (C=O) groups excluding carboxylic acids is 1. The molecule has 1 aliphatic rings. The first-order valence-electron chi connectivity index (χ1n) is 10.5. The number of aromatic nitrogens is 2. The van der Waals surface area contributed by atoms with Crippen LogP contribution in [0.15, 0.2) is 24.5 Å². The summed E-state index contributed by atoms with van der Waals surface area (Å²) < 4.78 is 21.0. The Morgan fingerprint density at radius 3 is 2.66 bits per heavy atom. The standard InChI is InChI=1S/C24H26ClFN4O2/c1-12-6-18-22(30(11-12)23(31)32-24(3,4)5)13(2)16(9-28-18)15-7-14-8-19(27)29-10-17(14)20(25)21(15)26/h7-10,12H,6,11H2,1-5H3,(H2,27,29). The summed E-state index contributed by atoms with van der Waals surface area (Å²) in [5.41, 5.74) is 8.23. The fourth-order valence-electron chi connectivity index (χ4n) is 4.15. The molecule has 6 nitrogen and oxygen atoms in total. The zero-order chi connectivity index (χ0) is 23.4. The number of halogens is 2. The predicted octanol–water partition coefficient (Wildman–Crippen LogP) is 5.91. The molecule has 3 heterocycles. The lowest BCUT2D eigenvalue weighted by Gasteiger charge is -2.35. The van der Waals surface area contributed by atoms with E-state index in [4.69, 9.17) is 22.1 Å². The molecule has 1 amide bonds. The highest BCUT2D eigenvalue weighted by atomic mass is 35.5. The number of hydrogen-bond donors (Lipinski definition) is 1. The van der Waals surface area contributed by atoms with E-state index in [0.29, 0.717) is 39.9 Å². The Balaban J connectivity index is 1.90. The molecule has 4 rings (SSSR count). The van der Waals surface area contributed by atoms with Crippen LogP contribution < -0.4 is 10.6 Å². The van der Waals surface area contributed by atoms with Crippen molar-refractivity contribution in [2.75, 3.05) is 17.2 Å². The van der Waals surface area contributed by atoms with Crippen molar-refractivity contribution in [3.63, 3.8) is 0 Å². The predicted molar refractivity (Wildman–Crippen MR) is 126 cm³/mol. The van der Waals surface area contributed by atoms with Gasteiger partial charge in [0.1, 0.15) is 17.2 Å². The van der Waals surface area contributed by atoms with Crippen LogP contribution in [0, 0.1) is 18.7 Å². The second-order valence-corrected chi connectivity index (χ2v) is 9.75. The van der Waals surface area contributed by atoms with Gasteiger partial charge in [-0.2, -0.15) is 0 Å². The molecule has 2 aromatic heterocycles. The number of fused-ring (bicyclic) bond motifs is 2. The lowest BCUT2D eigenvalue weighted by atomic mass is 9.92. The van der Waals surface area contributed by atoms with Crippen LogP contribution in [0.2, 0.25) is 5.02 Å². The average Bonchev–Trinajstić information content (AvgIpc) is 2.69. The summed E-state index contributed by atoms with van der Waals surface area (Å²) in [5, 5.41) is 1.13. The van der Waals surface area contributed by atoms with Crippen LogP contribution in [0.1, 0.15) is 39.0 Å². The van der Waals surface area contributed by atoms with E-state index in [-0.39, 0.29) is 10.9 Å². The number of rotatable bonds is 1. The van der Waals surface area contributed by atoms with Crippen LogP contribution >= 0.6 is 11.6 Å². The van der Waals surface area contributed by atoms with Crippen molar-refractivity contribution in [2.45, 2.75) is 46.6 Å². The number of carbonyl (C=O) groups is 1. The number of hydrogen-bond acceptors (Lipinski definition) is 5. The summed E-state index contributed by atoms with van der Waals surface area (Å²) in [6, 6.07) is 3.34. The van der Waals surface area contributed by atoms with Crippen molar-refractivity contribution >= 4 is 40.0 Å². The van der Waals surface area contributed by atoms with Crippen molar-refractivity contribution < 1.29 is 13.9 Å². The van der Waals surface area contributed by atoms with Gasteiger partial charge < -0.3 is 10.5 Å². The minimum Gasteiger partial charge on any atom is -0.443 e. The molecule has 1 aliphatic heterocycles. The van der Waals surface area contributed by atoms with Crippen LogP contribution in [0.3, 0.4) is 0 Å². The Bertz CT molecular complexity index is 1240. The number of amides is 1. The van der Waals surface area contributed by atoms with Crippen molar-refractivity contribution in [3.8, 4) is 11.1 Å². The first-order chi connectivity index (χ1) is 15.0. The summed E-state index contributed by atoms with van der Waals surface area (Å²) in [4.78, 5) is 23.2. The maximum atomic E-state index is 15.3. The zero-order valence-corrected chi connectivity index (χ0v) is 19.5. The first kappa shape index (κ1) is 22.3. The summed E-state index contributed by atoms with van der Waals surface area (Å²) in [5.74, 6) is -0.0322. The van der Waals surface area contributed by atoms with Gasteiger partial charge in [-0.25, -0.2) is 14.2 Å². The van der Waals surface area contributed by atoms with Crippen molar-refractivity contribution in [2.24, 2.45) is 5.92 Å². The molecule has 1 atom stereocenters.